The van der Waals surface area contributed by atoms with Crippen LogP contribution in [0.1, 0.15) is 51.9 Å². The predicted molar refractivity (Wildman–Crippen MR) is 114 cm³/mol. The Balaban J connectivity index is 2.17. The molecule has 3 N–H and O–H groups in total. The van der Waals surface area contributed by atoms with Gasteiger partial charge in [0, 0.05) is 32.1 Å². The first-order chi connectivity index (χ1) is 17.1. The van der Waals surface area contributed by atoms with Gasteiger partial charge >= 0.3 is 11.9 Å². The second kappa shape index (κ2) is 15.5. The number of nitrogens with zero attached hydrogens (tertiary/aromatic N) is 2. The molecule has 36 heavy (non-hydrogen) atoms. The number of imide groups is 2. The van der Waals surface area contributed by atoms with Crippen LogP contribution >= 0.6 is 0 Å². The molecule has 0 aliphatic carbocycles. The van der Waals surface area contributed by atoms with E-state index in [-0.39, 0.29) is 44.9 Å². The smallest absolute Gasteiger partial charge is 0.347 e. The monoisotopic (exact) mass is 513 g/mol. The van der Waals surface area contributed by atoms with Crippen LogP contribution in [0.3, 0.4) is 0 Å². The minimum Gasteiger partial charge on any atom is -0.347 e. The van der Waals surface area contributed by atoms with E-state index in [0.717, 1.165) is 0 Å². The Morgan fingerprint density at radius 1 is 0.833 bits per heavy atom. The molecule has 1 rings (SSSR count). The van der Waals surface area contributed by atoms with Crippen LogP contribution in [0.5, 0.6) is 0 Å². The van der Waals surface area contributed by atoms with Gasteiger partial charge in [-0.15, -0.1) is 10.1 Å². The quantitative estimate of drug-likeness (QED) is 0.124. The van der Waals surface area contributed by atoms with Gasteiger partial charge in [-0.3, -0.25) is 33.6 Å². The molecule has 0 spiro atoms. The standard InChI is InChI=1S/C20H27N5O11/c1-2-4-16(30)24(12-26)35-19(33)6-3-5-13(27)21-9-14(28)22-10-15(29)23-11-20(34)36-25-17(31)7-8-18(25)32/h12H,2-11H2,1H3,(H,21,27)(H,22,28)(H,23,29). The van der Waals surface area contributed by atoms with Crippen molar-refractivity contribution in [1.82, 2.24) is 26.1 Å². The van der Waals surface area contributed by atoms with Gasteiger partial charge in [0.25, 0.3) is 24.1 Å². The maximum Gasteiger partial charge on any atom is 0.352 e. The van der Waals surface area contributed by atoms with E-state index in [2.05, 4.69) is 25.6 Å². The summed E-state index contributed by atoms with van der Waals surface area (Å²) in [4.78, 5) is 113. The number of carbonyl (C=O) groups is 9. The van der Waals surface area contributed by atoms with Gasteiger partial charge in [-0.05, 0) is 12.8 Å². The molecule has 16 nitrogen and oxygen atoms in total. The lowest BCUT2D eigenvalue weighted by Crippen LogP contribution is -2.44. The summed E-state index contributed by atoms with van der Waals surface area (Å²) in [6.07, 6.45) is 0.0138. The molecule has 7 amide bonds. The number of hydroxylamine groups is 4. The Morgan fingerprint density at radius 2 is 1.39 bits per heavy atom. The van der Waals surface area contributed by atoms with Crippen molar-refractivity contribution in [2.75, 3.05) is 19.6 Å². The number of hydrogen-bond acceptors (Lipinski definition) is 11. The van der Waals surface area contributed by atoms with Gasteiger partial charge in [0.15, 0.2) is 0 Å². The zero-order valence-electron chi connectivity index (χ0n) is 19.5. The molecular formula is C20H27N5O11. The van der Waals surface area contributed by atoms with Crippen LogP contribution in [-0.2, 0) is 52.8 Å². The van der Waals surface area contributed by atoms with Gasteiger partial charge in [0.2, 0.25) is 17.7 Å². The molecule has 0 saturated carbocycles. The lowest BCUT2D eigenvalue weighted by atomic mass is 10.2. The fourth-order valence-electron chi connectivity index (χ4n) is 2.54. The second-order valence-electron chi connectivity index (χ2n) is 7.27. The summed E-state index contributed by atoms with van der Waals surface area (Å²) in [5, 5.41) is 7.20. The minimum absolute atomic E-state index is 0.0216. The third kappa shape index (κ3) is 11.2. The first-order valence-corrected chi connectivity index (χ1v) is 10.9. The topological polar surface area (TPSA) is 215 Å². The molecule has 0 atom stereocenters. The van der Waals surface area contributed by atoms with Crippen LogP contribution in [-0.4, -0.2) is 83.6 Å². The van der Waals surface area contributed by atoms with Gasteiger partial charge in [0.05, 0.1) is 13.1 Å². The van der Waals surface area contributed by atoms with E-state index in [0.29, 0.717) is 16.5 Å². The van der Waals surface area contributed by atoms with Crippen LogP contribution in [0, 0.1) is 0 Å². The Bertz CT molecular complexity index is 888. The van der Waals surface area contributed by atoms with E-state index in [1.54, 1.807) is 6.92 Å². The molecule has 0 aromatic heterocycles. The third-order valence-corrected chi connectivity index (χ3v) is 4.31. The summed E-state index contributed by atoms with van der Waals surface area (Å²) in [7, 11) is 0. The molecule has 1 aliphatic heterocycles. The molecule has 198 valence electrons. The second-order valence-corrected chi connectivity index (χ2v) is 7.27. The number of nitrogens with one attached hydrogen (secondary N) is 3. The van der Waals surface area contributed by atoms with Gasteiger partial charge in [0.1, 0.15) is 6.54 Å². The SMILES string of the molecule is CCCC(=O)N(C=O)OC(=O)CCCC(=O)NCC(=O)NCC(=O)NCC(=O)ON1C(=O)CCC1=O. The minimum atomic E-state index is -1.05. The average molecular weight is 513 g/mol. The fraction of sp³-hybridized carbons (Fsp3) is 0.550. The lowest BCUT2D eigenvalue weighted by molar-refractivity contribution is -0.196. The van der Waals surface area contributed by atoms with Crippen LogP contribution in [0.15, 0.2) is 0 Å². The molecule has 0 aromatic carbocycles. The summed E-state index contributed by atoms with van der Waals surface area (Å²) in [6, 6.07) is 0. The predicted octanol–water partition coefficient (Wildman–Crippen LogP) is -2.64. The van der Waals surface area contributed by atoms with E-state index >= 15 is 0 Å². The van der Waals surface area contributed by atoms with E-state index in [1.807, 2.05) is 0 Å². The number of amides is 7. The Morgan fingerprint density at radius 3 is 1.94 bits per heavy atom. The van der Waals surface area contributed by atoms with Gasteiger partial charge < -0.3 is 25.6 Å². The summed E-state index contributed by atoms with van der Waals surface area (Å²) < 4.78 is 0. The normalized spacial score (nSPS) is 12.4. The summed E-state index contributed by atoms with van der Waals surface area (Å²) >= 11 is 0. The highest BCUT2D eigenvalue weighted by atomic mass is 16.7. The maximum atomic E-state index is 11.8. The van der Waals surface area contributed by atoms with Crippen molar-refractivity contribution in [1.29, 1.82) is 0 Å². The van der Waals surface area contributed by atoms with E-state index in [9.17, 15) is 43.2 Å². The van der Waals surface area contributed by atoms with Gasteiger partial charge in [-0.1, -0.05) is 6.92 Å². The van der Waals surface area contributed by atoms with E-state index in [4.69, 9.17) is 0 Å². The molecule has 1 aliphatic rings. The average Bonchev–Trinajstić information content (AvgIpc) is 3.15. The zero-order valence-corrected chi connectivity index (χ0v) is 19.5. The highest BCUT2D eigenvalue weighted by Crippen LogP contribution is 2.11. The van der Waals surface area contributed by atoms with Gasteiger partial charge in [-0.2, -0.15) is 0 Å². The fourth-order valence-corrected chi connectivity index (χ4v) is 2.54. The number of hydrogen-bond donors (Lipinski definition) is 3. The highest BCUT2D eigenvalue weighted by Gasteiger charge is 2.32. The molecule has 0 bridgehead atoms. The summed E-state index contributed by atoms with van der Waals surface area (Å²) in [5.74, 6) is -6.02. The molecular weight excluding hydrogens is 486 g/mol. The number of rotatable bonds is 14. The summed E-state index contributed by atoms with van der Waals surface area (Å²) in [5.41, 5.74) is 0. The van der Waals surface area contributed by atoms with Crippen molar-refractivity contribution >= 4 is 53.8 Å². The molecule has 1 fully saturated rings. The first-order valence-electron chi connectivity index (χ1n) is 10.9. The maximum absolute atomic E-state index is 11.8. The zero-order chi connectivity index (χ0) is 27.1. The van der Waals surface area contributed by atoms with Crippen molar-refractivity contribution in [3.05, 3.63) is 0 Å². The largest absolute Gasteiger partial charge is 0.352 e. The van der Waals surface area contributed by atoms with Crippen LogP contribution in [0.2, 0.25) is 0 Å². The Kier molecular flexibility index (Phi) is 12.8. The van der Waals surface area contributed by atoms with Crippen molar-refractivity contribution in [3.8, 4) is 0 Å². The molecule has 0 radical (unpaired) electrons. The molecule has 1 heterocycles. The molecule has 16 heteroatoms. The highest BCUT2D eigenvalue weighted by molar-refractivity contribution is 6.01. The molecule has 0 unspecified atom stereocenters. The van der Waals surface area contributed by atoms with Crippen LogP contribution in [0.25, 0.3) is 0 Å². The van der Waals surface area contributed by atoms with E-state index < -0.39 is 67.0 Å². The third-order valence-electron chi connectivity index (χ3n) is 4.31. The Labute approximate surface area is 204 Å². The van der Waals surface area contributed by atoms with Crippen LogP contribution in [0.4, 0.5) is 0 Å². The van der Waals surface area contributed by atoms with Crippen molar-refractivity contribution in [2.45, 2.75) is 51.9 Å². The van der Waals surface area contributed by atoms with Crippen molar-refractivity contribution < 1.29 is 52.8 Å². The van der Waals surface area contributed by atoms with Crippen LogP contribution < -0.4 is 16.0 Å². The van der Waals surface area contributed by atoms with Crippen molar-refractivity contribution in [3.63, 3.8) is 0 Å². The molecule has 0 aromatic rings. The van der Waals surface area contributed by atoms with E-state index in [1.165, 1.54) is 0 Å². The molecule has 1 saturated heterocycles. The summed E-state index contributed by atoms with van der Waals surface area (Å²) in [6.45, 7) is 0.0605. The Hall–Kier alpha value is -4.37. The van der Waals surface area contributed by atoms with Gasteiger partial charge in [-0.25, -0.2) is 9.59 Å². The number of carbonyl (C=O) groups excluding carboxylic acids is 9. The lowest BCUT2D eigenvalue weighted by Gasteiger charge is -2.13. The first kappa shape index (κ1) is 29.7. The van der Waals surface area contributed by atoms with Crippen molar-refractivity contribution in [2.24, 2.45) is 0 Å².